The van der Waals surface area contributed by atoms with E-state index in [9.17, 15) is 14.7 Å². The number of rotatable bonds is 14. The minimum atomic E-state index is -1.04. The zero-order chi connectivity index (χ0) is 23.1. The van der Waals surface area contributed by atoms with E-state index < -0.39 is 17.9 Å². The Balaban J connectivity index is 2.33. The van der Waals surface area contributed by atoms with Crippen molar-refractivity contribution in [3.63, 3.8) is 0 Å². The fraction of sp³-hybridized carbons (Fsp3) is 0.440. The monoisotopic (exact) mass is 445 g/mol. The molecule has 0 aliphatic heterocycles. The third-order valence-electron chi connectivity index (χ3n) is 4.51. The molecule has 0 spiro atoms. The fourth-order valence-corrected chi connectivity index (χ4v) is 3.66. The van der Waals surface area contributed by atoms with Gasteiger partial charge in [-0.3, -0.25) is 4.79 Å². The van der Waals surface area contributed by atoms with Gasteiger partial charge in [0.05, 0.1) is 6.26 Å². The highest BCUT2D eigenvalue weighted by molar-refractivity contribution is 7.99. The highest BCUT2D eigenvalue weighted by Gasteiger charge is 2.18. The molecule has 1 atom stereocenters. The zero-order valence-corrected chi connectivity index (χ0v) is 19.8. The molecule has 1 amide bonds. The van der Waals surface area contributed by atoms with E-state index in [0.29, 0.717) is 11.5 Å². The number of hydrogen-bond acceptors (Lipinski definition) is 4. The van der Waals surface area contributed by atoms with Crippen molar-refractivity contribution in [1.82, 2.24) is 5.32 Å². The smallest absolute Gasteiger partial charge is 0.327 e. The van der Waals surface area contributed by atoms with Crippen LogP contribution in [-0.4, -0.2) is 34.5 Å². The number of nitrogens with one attached hydrogen (secondary N) is 1. The number of furan rings is 1. The number of carbonyl (C=O) groups excluding carboxylic acids is 1. The number of aliphatic carboxylic acids is 1. The summed E-state index contributed by atoms with van der Waals surface area (Å²) in [6, 6.07) is 2.50. The van der Waals surface area contributed by atoms with E-state index in [1.165, 1.54) is 46.9 Å². The summed E-state index contributed by atoms with van der Waals surface area (Å²) < 4.78 is 5.11. The molecule has 6 heteroatoms. The molecule has 0 aliphatic carbocycles. The summed E-state index contributed by atoms with van der Waals surface area (Å²) in [5.74, 6) is 0.0688. The van der Waals surface area contributed by atoms with Gasteiger partial charge >= 0.3 is 5.97 Å². The molecule has 0 saturated carbocycles. The lowest BCUT2D eigenvalue weighted by Gasteiger charge is -2.12. The third kappa shape index (κ3) is 13.4. The quantitative estimate of drug-likeness (QED) is 0.208. The lowest BCUT2D eigenvalue weighted by Crippen LogP contribution is -2.41. The van der Waals surface area contributed by atoms with Crippen molar-refractivity contribution in [3.05, 3.63) is 65.2 Å². The molecular formula is C25H35NO4S. The van der Waals surface area contributed by atoms with E-state index in [0.717, 1.165) is 31.4 Å². The molecule has 2 N–H and O–H groups in total. The van der Waals surface area contributed by atoms with Crippen molar-refractivity contribution < 1.29 is 19.1 Å². The molecule has 0 aliphatic rings. The molecule has 170 valence electrons. The Labute approximate surface area is 190 Å². The second kappa shape index (κ2) is 15.3. The predicted octanol–water partition coefficient (Wildman–Crippen LogP) is 6.01. The van der Waals surface area contributed by atoms with Crippen molar-refractivity contribution in [2.75, 3.05) is 11.5 Å². The number of carboxylic acids is 1. The van der Waals surface area contributed by atoms with Crippen LogP contribution in [0.3, 0.4) is 0 Å². The normalized spacial score (nSPS) is 13.3. The van der Waals surface area contributed by atoms with Crippen LogP contribution < -0.4 is 5.32 Å². The van der Waals surface area contributed by atoms with Gasteiger partial charge in [0.25, 0.3) is 0 Å². The maximum atomic E-state index is 11.9. The average Bonchev–Trinajstić information content (AvgIpc) is 3.22. The van der Waals surface area contributed by atoms with Gasteiger partial charge in [-0.1, -0.05) is 34.9 Å². The van der Waals surface area contributed by atoms with Crippen molar-refractivity contribution >= 4 is 29.7 Å². The number of hydrogen-bond donors (Lipinski definition) is 2. The van der Waals surface area contributed by atoms with Crippen LogP contribution in [-0.2, 0) is 9.59 Å². The second-order valence-corrected chi connectivity index (χ2v) is 8.82. The van der Waals surface area contributed by atoms with Gasteiger partial charge in [-0.15, -0.1) is 0 Å². The Hall–Kier alpha value is -2.47. The second-order valence-electron chi connectivity index (χ2n) is 7.75. The Morgan fingerprint density at radius 3 is 2.39 bits per heavy atom. The van der Waals surface area contributed by atoms with Crippen LogP contribution in [0.15, 0.2) is 63.8 Å². The van der Waals surface area contributed by atoms with Crippen LogP contribution in [0.1, 0.15) is 59.1 Å². The summed E-state index contributed by atoms with van der Waals surface area (Å²) in [7, 11) is 0. The van der Waals surface area contributed by atoms with E-state index in [1.807, 2.05) is 0 Å². The first-order valence-electron chi connectivity index (χ1n) is 10.5. The molecule has 31 heavy (non-hydrogen) atoms. The van der Waals surface area contributed by atoms with Crippen molar-refractivity contribution in [3.8, 4) is 0 Å². The molecule has 5 nitrogen and oxygen atoms in total. The maximum absolute atomic E-state index is 11.9. The Morgan fingerprint density at radius 2 is 1.77 bits per heavy atom. The summed E-state index contributed by atoms with van der Waals surface area (Å²) in [4.78, 5) is 23.4. The third-order valence-corrected chi connectivity index (χ3v) is 5.49. The van der Waals surface area contributed by atoms with Crippen molar-refractivity contribution in [2.45, 2.75) is 59.4 Å². The molecule has 0 saturated heterocycles. The van der Waals surface area contributed by atoms with Gasteiger partial charge in [0.15, 0.2) is 0 Å². The van der Waals surface area contributed by atoms with Crippen LogP contribution in [0.5, 0.6) is 0 Å². The summed E-state index contributed by atoms with van der Waals surface area (Å²) >= 11 is 1.49. The maximum Gasteiger partial charge on any atom is 0.327 e. The van der Waals surface area contributed by atoms with E-state index >= 15 is 0 Å². The predicted molar refractivity (Wildman–Crippen MR) is 130 cm³/mol. The largest absolute Gasteiger partial charge is 0.480 e. The van der Waals surface area contributed by atoms with Gasteiger partial charge < -0.3 is 14.8 Å². The molecule has 0 radical (unpaired) electrons. The van der Waals surface area contributed by atoms with E-state index in [1.54, 1.807) is 12.1 Å². The molecule has 1 aromatic heterocycles. The molecular weight excluding hydrogens is 410 g/mol. The van der Waals surface area contributed by atoms with Gasteiger partial charge in [0.2, 0.25) is 5.91 Å². The van der Waals surface area contributed by atoms with E-state index in [-0.39, 0.29) is 0 Å². The zero-order valence-electron chi connectivity index (χ0n) is 19.0. The molecule has 0 unspecified atom stereocenters. The summed E-state index contributed by atoms with van der Waals surface area (Å²) in [5, 5.41) is 11.9. The molecule has 0 fully saturated rings. The Kier molecular flexibility index (Phi) is 13.2. The summed E-state index contributed by atoms with van der Waals surface area (Å²) in [5.41, 5.74) is 4.07. The van der Waals surface area contributed by atoms with Crippen LogP contribution in [0, 0.1) is 0 Å². The Bertz CT molecular complexity index is 799. The number of carbonyl (C=O) groups is 2. The molecule has 1 rings (SSSR count). The standard InChI is InChI=1S/C25H35NO4S/c1-19(2)8-5-9-20(3)10-6-11-21(4)15-17-31-18-23(25(28)29)26-24(27)14-13-22-12-7-16-30-22/h7-8,10,12-16,23H,5-6,9,11,17-18H2,1-4H3,(H,26,27)(H,28,29)/b14-13-,20-10+,21-15-/t23-/m0/s1. The molecule has 1 heterocycles. The minimum Gasteiger partial charge on any atom is -0.480 e. The topological polar surface area (TPSA) is 79.5 Å². The van der Waals surface area contributed by atoms with Crippen LogP contribution in [0.2, 0.25) is 0 Å². The highest BCUT2D eigenvalue weighted by Crippen LogP contribution is 2.13. The lowest BCUT2D eigenvalue weighted by molar-refractivity contribution is -0.140. The lowest BCUT2D eigenvalue weighted by atomic mass is 10.1. The van der Waals surface area contributed by atoms with Gasteiger partial charge in [-0.05, 0) is 71.6 Å². The van der Waals surface area contributed by atoms with Crippen LogP contribution in [0.25, 0.3) is 6.08 Å². The van der Waals surface area contributed by atoms with E-state index in [4.69, 9.17) is 4.42 Å². The number of thioether (sulfide) groups is 1. The number of carboxylic acid groups (broad SMARTS) is 1. The average molecular weight is 446 g/mol. The Morgan fingerprint density at radius 1 is 1.10 bits per heavy atom. The van der Waals surface area contributed by atoms with Crippen molar-refractivity contribution in [1.29, 1.82) is 0 Å². The van der Waals surface area contributed by atoms with Gasteiger partial charge in [-0.2, -0.15) is 11.8 Å². The first kappa shape index (κ1) is 26.6. The number of amides is 1. The SMILES string of the molecule is CC(C)=CCC/C(C)=C/CC/C(C)=C\CSC[C@H](NC(=O)/C=C\c1ccco1)C(=O)O. The fourth-order valence-electron chi connectivity index (χ4n) is 2.66. The summed E-state index contributed by atoms with van der Waals surface area (Å²) in [6.45, 7) is 8.52. The van der Waals surface area contributed by atoms with E-state index in [2.05, 4.69) is 51.2 Å². The highest BCUT2D eigenvalue weighted by atomic mass is 32.2. The summed E-state index contributed by atoms with van der Waals surface area (Å²) in [6.07, 6.45) is 15.2. The van der Waals surface area contributed by atoms with Crippen LogP contribution in [0.4, 0.5) is 0 Å². The van der Waals surface area contributed by atoms with Crippen molar-refractivity contribution in [2.24, 2.45) is 0 Å². The minimum absolute atomic E-state index is 0.308. The number of allylic oxidation sites excluding steroid dienone is 5. The first-order chi connectivity index (χ1) is 14.8. The molecule has 0 aromatic carbocycles. The van der Waals surface area contributed by atoms with Gasteiger partial charge in [0.1, 0.15) is 11.8 Å². The van der Waals surface area contributed by atoms with Crippen LogP contribution >= 0.6 is 11.8 Å². The molecule has 1 aromatic rings. The molecule has 0 bridgehead atoms. The van der Waals surface area contributed by atoms with Gasteiger partial charge in [-0.25, -0.2) is 4.79 Å². The first-order valence-corrected chi connectivity index (χ1v) is 11.7. The van der Waals surface area contributed by atoms with Gasteiger partial charge in [0, 0.05) is 17.6 Å².